The Morgan fingerprint density at radius 1 is 1.00 bits per heavy atom. The molecule has 0 aliphatic heterocycles. The molecule has 0 N–H and O–H groups in total. The van der Waals surface area contributed by atoms with E-state index in [9.17, 15) is 8.78 Å². The molecule has 0 radical (unpaired) electrons. The summed E-state index contributed by atoms with van der Waals surface area (Å²) in [6.45, 7) is 4.15. The quantitative estimate of drug-likeness (QED) is 0.364. The number of hydrogen-bond acceptors (Lipinski definition) is 4. The van der Waals surface area contributed by atoms with Gasteiger partial charge in [-0.2, -0.15) is 0 Å². The molecule has 2 aromatic heterocycles. The molecule has 0 bridgehead atoms. The molecule has 7 heteroatoms. The lowest BCUT2D eigenvalue weighted by atomic mass is 10.1. The van der Waals surface area contributed by atoms with Crippen LogP contribution in [0.4, 0.5) is 8.78 Å². The van der Waals surface area contributed by atoms with Gasteiger partial charge < -0.3 is 4.42 Å². The first-order valence-corrected chi connectivity index (χ1v) is 10.0. The summed E-state index contributed by atoms with van der Waals surface area (Å²) in [6, 6.07) is 15.7. The average Bonchev–Trinajstić information content (AvgIpc) is 3.28. The number of aromatic nitrogens is 3. The maximum atomic E-state index is 14.2. The first-order valence-electron chi connectivity index (χ1n) is 9.16. The van der Waals surface area contributed by atoms with Crippen LogP contribution >= 0.6 is 11.8 Å². The number of hydrogen-bond donors (Lipinski definition) is 0. The molecular formula is C22H19F2N3OS. The molecule has 4 aromatic rings. The molecule has 4 nitrogen and oxygen atoms in total. The third-order valence-electron chi connectivity index (χ3n) is 4.69. The van der Waals surface area contributed by atoms with Crippen molar-refractivity contribution in [3.63, 3.8) is 0 Å². The van der Waals surface area contributed by atoms with Gasteiger partial charge in [0.1, 0.15) is 17.4 Å². The van der Waals surface area contributed by atoms with Crippen molar-refractivity contribution in [3.8, 4) is 11.4 Å². The molecule has 2 heterocycles. The predicted octanol–water partition coefficient (Wildman–Crippen LogP) is 6.03. The molecular weight excluding hydrogens is 392 g/mol. The zero-order valence-corrected chi connectivity index (χ0v) is 16.8. The van der Waals surface area contributed by atoms with Crippen molar-refractivity contribution in [2.45, 2.75) is 30.8 Å². The van der Waals surface area contributed by atoms with E-state index in [-0.39, 0.29) is 5.56 Å². The summed E-state index contributed by atoms with van der Waals surface area (Å²) in [5.41, 5.74) is 1.94. The van der Waals surface area contributed by atoms with Crippen LogP contribution in [0.3, 0.4) is 0 Å². The van der Waals surface area contributed by atoms with E-state index in [0.717, 1.165) is 16.9 Å². The fraction of sp³-hybridized carbons (Fsp3) is 0.182. The van der Waals surface area contributed by atoms with Crippen molar-refractivity contribution in [1.29, 1.82) is 0 Å². The molecule has 0 fully saturated rings. The first-order chi connectivity index (χ1) is 14.0. The van der Waals surface area contributed by atoms with E-state index < -0.39 is 16.9 Å². The normalized spacial score (nSPS) is 12.3. The number of thioether (sulfide) groups is 1. The van der Waals surface area contributed by atoms with Crippen LogP contribution in [-0.4, -0.2) is 14.8 Å². The number of aryl methyl sites for hydroxylation is 1. The van der Waals surface area contributed by atoms with E-state index in [0.29, 0.717) is 17.5 Å². The second-order valence-corrected chi connectivity index (χ2v) is 7.97. The summed E-state index contributed by atoms with van der Waals surface area (Å²) in [5.74, 6) is 0.260. The lowest BCUT2D eigenvalue weighted by Crippen LogP contribution is -2.06. The van der Waals surface area contributed by atoms with Gasteiger partial charge in [-0.1, -0.05) is 48.2 Å². The van der Waals surface area contributed by atoms with Gasteiger partial charge in [0.05, 0.1) is 18.4 Å². The molecule has 0 aliphatic carbocycles. The van der Waals surface area contributed by atoms with Crippen LogP contribution in [0.25, 0.3) is 11.4 Å². The Bertz CT molecular complexity index is 1100. The Hall–Kier alpha value is -2.93. The van der Waals surface area contributed by atoms with Crippen LogP contribution in [-0.2, 0) is 6.54 Å². The van der Waals surface area contributed by atoms with Gasteiger partial charge in [0.15, 0.2) is 11.0 Å². The Morgan fingerprint density at radius 2 is 1.72 bits per heavy atom. The zero-order valence-electron chi connectivity index (χ0n) is 16.0. The largest absolute Gasteiger partial charge is 0.469 e. The van der Waals surface area contributed by atoms with E-state index >= 15 is 0 Å². The predicted molar refractivity (Wildman–Crippen MR) is 109 cm³/mol. The van der Waals surface area contributed by atoms with E-state index in [1.54, 1.807) is 13.2 Å². The van der Waals surface area contributed by atoms with Gasteiger partial charge >= 0.3 is 0 Å². The van der Waals surface area contributed by atoms with E-state index in [2.05, 4.69) is 10.2 Å². The summed E-state index contributed by atoms with van der Waals surface area (Å²) in [5, 5.41) is 8.78. The minimum Gasteiger partial charge on any atom is -0.469 e. The fourth-order valence-corrected chi connectivity index (χ4v) is 4.24. The second kappa shape index (κ2) is 8.21. The Balaban J connectivity index is 1.73. The van der Waals surface area contributed by atoms with Crippen molar-refractivity contribution in [2.24, 2.45) is 0 Å². The van der Waals surface area contributed by atoms with Crippen LogP contribution < -0.4 is 0 Å². The van der Waals surface area contributed by atoms with Crippen molar-refractivity contribution in [3.05, 3.63) is 89.4 Å². The van der Waals surface area contributed by atoms with Gasteiger partial charge in [0.2, 0.25) is 0 Å². The third-order valence-corrected chi connectivity index (χ3v) is 5.79. The van der Waals surface area contributed by atoms with Gasteiger partial charge in [0.25, 0.3) is 0 Å². The van der Waals surface area contributed by atoms with Gasteiger partial charge in [-0.3, -0.25) is 4.57 Å². The molecule has 1 atom stereocenters. The monoisotopic (exact) mass is 411 g/mol. The lowest BCUT2D eigenvalue weighted by molar-refractivity contribution is 0.534. The van der Waals surface area contributed by atoms with Crippen molar-refractivity contribution in [2.75, 3.05) is 0 Å². The van der Waals surface area contributed by atoms with Crippen LogP contribution in [0.5, 0.6) is 0 Å². The van der Waals surface area contributed by atoms with Crippen molar-refractivity contribution in [1.82, 2.24) is 14.8 Å². The molecule has 2 aromatic carbocycles. The second-order valence-electron chi connectivity index (χ2n) is 6.66. The molecule has 0 aliphatic rings. The Labute approximate surface area is 171 Å². The molecule has 0 saturated heterocycles. The molecule has 0 saturated carbocycles. The molecule has 29 heavy (non-hydrogen) atoms. The summed E-state index contributed by atoms with van der Waals surface area (Å²) >= 11 is 1.27. The minimum atomic E-state index is -0.565. The fourth-order valence-electron chi connectivity index (χ4n) is 3.22. The number of halogens is 2. The highest BCUT2D eigenvalue weighted by Crippen LogP contribution is 2.38. The summed E-state index contributed by atoms with van der Waals surface area (Å²) in [4.78, 5) is 0. The van der Waals surface area contributed by atoms with E-state index in [1.807, 2.05) is 47.9 Å². The highest BCUT2D eigenvalue weighted by Gasteiger charge is 2.23. The van der Waals surface area contributed by atoms with Crippen LogP contribution in [0.1, 0.15) is 29.1 Å². The van der Waals surface area contributed by atoms with E-state index in [4.69, 9.17) is 4.42 Å². The van der Waals surface area contributed by atoms with Gasteiger partial charge in [-0.25, -0.2) is 8.78 Å². The summed E-state index contributed by atoms with van der Waals surface area (Å²) in [7, 11) is 0. The topological polar surface area (TPSA) is 43.9 Å². The lowest BCUT2D eigenvalue weighted by Gasteiger charge is -2.15. The van der Waals surface area contributed by atoms with Crippen LogP contribution in [0.15, 0.2) is 70.4 Å². The number of rotatable bonds is 6. The molecule has 4 rings (SSSR count). The Morgan fingerprint density at radius 3 is 2.38 bits per heavy atom. The summed E-state index contributed by atoms with van der Waals surface area (Å²) in [6.07, 6.45) is 1.61. The van der Waals surface area contributed by atoms with Gasteiger partial charge in [0, 0.05) is 10.8 Å². The average molecular weight is 411 g/mol. The molecule has 148 valence electrons. The maximum Gasteiger partial charge on any atom is 0.192 e. The van der Waals surface area contributed by atoms with E-state index in [1.165, 1.54) is 30.0 Å². The van der Waals surface area contributed by atoms with Gasteiger partial charge in [-0.05, 0) is 37.6 Å². The molecule has 0 amide bonds. The first kappa shape index (κ1) is 19.4. The zero-order chi connectivity index (χ0) is 20.4. The summed E-state index contributed by atoms with van der Waals surface area (Å²) < 4.78 is 35.8. The number of benzene rings is 2. The Kier molecular flexibility index (Phi) is 5.49. The highest BCUT2D eigenvalue weighted by atomic mass is 32.2. The molecule has 0 spiro atoms. The standard InChI is InChI=1S/C22H19F2N3OS/c1-14-17(11-12-28-14)21-25-26-22(27(21)13-16-7-4-3-5-8-16)29-15(2)20-18(23)9-6-10-19(20)24/h3-12,15H,13H2,1-2H3. The van der Waals surface area contributed by atoms with Crippen molar-refractivity contribution >= 4 is 11.8 Å². The number of nitrogens with zero attached hydrogens (tertiary/aromatic N) is 3. The number of furan rings is 1. The SMILES string of the molecule is Cc1occc1-c1nnc(SC(C)c2c(F)cccc2F)n1Cc1ccccc1. The molecule has 1 unspecified atom stereocenters. The highest BCUT2D eigenvalue weighted by molar-refractivity contribution is 7.99. The van der Waals surface area contributed by atoms with Crippen LogP contribution in [0, 0.1) is 18.6 Å². The maximum absolute atomic E-state index is 14.2. The third kappa shape index (κ3) is 3.96. The van der Waals surface area contributed by atoms with Crippen LogP contribution in [0.2, 0.25) is 0 Å². The van der Waals surface area contributed by atoms with Crippen molar-refractivity contribution < 1.29 is 13.2 Å². The smallest absolute Gasteiger partial charge is 0.192 e. The van der Waals surface area contributed by atoms with Gasteiger partial charge in [-0.15, -0.1) is 10.2 Å². The minimum absolute atomic E-state index is 0.0350.